The van der Waals surface area contributed by atoms with Crippen LogP contribution in [0.4, 0.5) is 5.69 Å². The van der Waals surface area contributed by atoms with Crippen molar-refractivity contribution >= 4 is 17.8 Å². The molecular formula is C16H18N3O3-. The molecule has 3 saturated heterocycles. The van der Waals surface area contributed by atoms with Gasteiger partial charge in [0.15, 0.2) is 5.75 Å². The van der Waals surface area contributed by atoms with Crippen LogP contribution in [0.1, 0.15) is 23.2 Å². The van der Waals surface area contributed by atoms with E-state index in [1.165, 1.54) is 0 Å². The van der Waals surface area contributed by atoms with Crippen LogP contribution in [0.15, 0.2) is 23.2 Å². The molecule has 0 aliphatic carbocycles. The molecule has 116 valence electrons. The number of carbonyl (C=O) groups excluding carboxylic acids is 1. The summed E-state index contributed by atoms with van der Waals surface area (Å²) in [6.45, 7) is 3.10. The Morgan fingerprint density at radius 1 is 1.36 bits per heavy atom. The van der Waals surface area contributed by atoms with Crippen molar-refractivity contribution in [2.75, 3.05) is 26.2 Å². The number of benzene rings is 1. The lowest BCUT2D eigenvalue weighted by Gasteiger charge is -2.51. The number of ether oxygens (including phenoxy) is 1. The Morgan fingerprint density at radius 3 is 2.91 bits per heavy atom. The molecule has 6 nitrogen and oxygen atoms in total. The van der Waals surface area contributed by atoms with E-state index in [1.807, 2.05) is 0 Å². The average Bonchev–Trinajstić information content (AvgIpc) is 2.61. The van der Waals surface area contributed by atoms with Gasteiger partial charge in [-0.05, 0) is 44.0 Å². The van der Waals surface area contributed by atoms with Gasteiger partial charge in [0.2, 0.25) is 5.91 Å². The number of aliphatic imine (C=N–C) groups is 1. The monoisotopic (exact) mass is 300 g/mol. The molecule has 1 unspecified atom stereocenters. The smallest absolute Gasteiger partial charge is 0.247 e. The Balaban J connectivity index is 1.61. The van der Waals surface area contributed by atoms with Gasteiger partial charge in [-0.15, -0.1) is 0 Å². The maximum absolute atomic E-state index is 12.7. The molecule has 22 heavy (non-hydrogen) atoms. The van der Waals surface area contributed by atoms with Crippen molar-refractivity contribution < 1.29 is 9.53 Å². The average molecular weight is 300 g/mol. The molecule has 0 saturated carbocycles. The van der Waals surface area contributed by atoms with Crippen molar-refractivity contribution in [2.24, 2.45) is 10.9 Å². The highest BCUT2D eigenvalue weighted by molar-refractivity contribution is 5.99. The van der Waals surface area contributed by atoms with Crippen molar-refractivity contribution in [3.63, 3.8) is 0 Å². The molecule has 0 N–H and O–H groups in total. The Bertz CT molecular complexity index is 623. The highest BCUT2D eigenvalue weighted by atomic mass is 16.5. The Labute approximate surface area is 129 Å². The largest absolute Gasteiger partial charge is 0.756 e. The normalized spacial score (nSPS) is 28.9. The molecule has 0 radical (unpaired) electrons. The van der Waals surface area contributed by atoms with Gasteiger partial charge < -0.3 is 19.9 Å². The molecule has 0 aromatic heterocycles. The van der Waals surface area contributed by atoms with Crippen LogP contribution in [-0.4, -0.2) is 54.4 Å². The number of hydroxylamine groups is 2. The zero-order chi connectivity index (χ0) is 15.1. The molecular weight excluding hydrogens is 282 g/mol. The van der Waals surface area contributed by atoms with Crippen molar-refractivity contribution in [2.45, 2.75) is 18.9 Å². The molecule has 1 atom stereocenters. The van der Waals surface area contributed by atoms with Crippen LogP contribution in [-0.2, 0) is 0 Å². The van der Waals surface area contributed by atoms with Gasteiger partial charge in [-0.1, -0.05) is 6.07 Å². The van der Waals surface area contributed by atoms with E-state index in [-0.39, 0.29) is 6.04 Å². The van der Waals surface area contributed by atoms with E-state index >= 15 is 0 Å². The van der Waals surface area contributed by atoms with Gasteiger partial charge in [-0.2, -0.15) is 0 Å². The third-order valence-electron chi connectivity index (χ3n) is 4.88. The quantitative estimate of drug-likeness (QED) is 0.781. The van der Waals surface area contributed by atoms with Gasteiger partial charge in [0.05, 0.1) is 5.56 Å². The van der Waals surface area contributed by atoms with E-state index in [0.717, 1.165) is 25.9 Å². The first-order valence-electron chi connectivity index (χ1n) is 7.75. The molecule has 3 fully saturated rings. The van der Waals surface area contributed by atoms with E-state index in [1.54, 1.807) is 24.4 Å². The van der Waals surface area contributed by atoms with E-state index in [2.05, 4.69) is 9.89 Å². The summed E-state index contributed by atoms with van der Waals surface area (Å²) in [6, 6.07) is 4.93. The molecule has 1 amide bonds. The minimum Gasteiger partial charge on any atom is -0.756 e. The Kier molecular flexibility index (Phi) is 3.35. The lowest BCUT2D eigenvalue weighted by Crippen LogP contribution is -2.57. The second-order valence-electron chi connectivity index (χ2n) is 6.11. The first-order chi connectivity index (χ1) is 10.7. The van der Waals surface area contributed by atoms with Crippen molar-refractivity contribution in [3.05, 3.63) is 29.0 Å². The molecule has 4 heterocycles. The fourth-order valence-corrected chi connectivity index (χ4v) is 3.67. The molecule has 5 rings (SSSR count). The fraction of sp³-hybridized carbons (Fsp3) is 0.500. The number of amides is 1. The number of carbonyl (C=O) groups is 1. The number of nitrogens with zero attached hydrogens (tertiary/aromatic N) is 3. The van der Waals surface area contributed by atoms with Crippen molar-refractivity contribution in [3.8, 4) is 5.75 Å². The van der Waals surface area contributed by atoms with Crippen LogP contribution in [0.3, 0.4) is 0 Å². The molecule has 1 aromatic rings. The maximum Gasteiger partial charge on any atom is 0.247 e. The summed E-state index contributed by atoms with van der Waals surface area (Å²) in [7, 11) is 0. The van der Waals surface area contributed by atoms with Crippen LogP contribution in [0.25, 0.3) is 0 Å². The molecule has 2 bridgehead atoms. The summed E-state index contributed by atoms with van der Waals surface area (Å²) in [6.07, 6.45) is 3.66. The second-order valence-corrected chi connectivity index (χ2v) is 6.11. The first-order valence-corrected chi connectivity index (χ1v) is 7.75. The van der Waals surface area contributed by atoms with Gasteiger partial charge >= 0.3 is 0 Å². The summed E-state index contributed by atoms with van der Waals surface area (Å²) < 4.78 is 5.53. The van der Waals surface area contributed by atoms with Crippen LogP contribution >= 0.6 is 0 Å². The molecule has 4 aliphatic heterocycles. The van der Waals surface area contributed by atoms with Gasteiger partial charge in [0.1, 0.15) is 12.3 Å². The summed E-state index contributed by atoms with van der Waals surface area (Å²) in [5.41, 5.74) is 0.931. The zero-order valence-electron chi connectivity index (χ0n) is 12.3. The third-order valence-corrected chi connectivity index (χ3v) is 4.88. The number of rotatable bonds is 2. The minimum atomic E-state index is -0.507. The predicted molar refractivity (Wildman–Crippen MR) is 82.6 cm³/mol. The number of fused-ring (bicyclic) bond motifs is 4. The number of hydrogen-bond donors (Lipinski definition) is 0. The molecule has 0 spiro atoms. The number of hydrogen-bond acceptors (Lipinski definition) is 5. The van der Waals surface area contributed by atoms with Crippen molar-refractivity contribution in [1.82, 2.24) is 9.96 Å². The summed E-state index contributed by atoms with van der Waals surface area (Å²) in [5, 5.41) is 13.3. The van der Waals surface area contributed by atoms with E-state index in [0.29, 0.717) is 41.1 Å². The van der Waals surface area contributed by atoms with Gasteiger partial charge in [0, 0.05) is 18.8 Å². The predicted octanol–water partition coefficient (Wildman–Crippen LogP) is 1.82. The molecule has 6 heteroatoms. The Morgan fingerprint density at radius 2 is 2.18 bits per heavy atom. The second kappa shape index (κ2) is 5.37. The highest BCUT2D eigenvalue weighted by Gasteiger charge is 2.36. The van der Waals surface area contributed by atoms with E-state index in [9.17, 15) is 10.0 Å². The summed E-state index contributed by atoms with van der Waals surface area (Å²) >= 11 is 0. The van der Waals surface area contributed by atoms with Crippen LogP contribution in [0.5, 0.6) is 5.75 Å². The van der Waals surface area contributed by atoms with Crippen molar-refractivity contribution in [1.29, 1.82) is 0 Å². The topological polar surface area (TPSA) is 68.2 Å². The first kappa shape index (κ1) is 13.7. The molecule has 1 aromatic carbocycles. The van der Waals surface area contributed by atoms with Gasteiger partial charge in [-0.3, -0.25) is 9.79 Å². The zero-order valence-corrected chi connectivity index (χ0v) is 12.3. The fourth-order valence-electron chi connectivity index (χ4n) is 3.67. The summed E-state index contributed by atoms with van der Waals surface area (Å²) in [5.74, 6) is 0.245. The number of piperidine rings is 3. The lowest BCUT2D eigenvalue weighted by atomic mass is 9.83. The molecule has 4 aliphatic rings. The third kappa shape index (κ3) is 2.19. The summed E-state index contributed by atoms with van der Waals surface area (Å²) in [4.78, 5) is 19.1. The van der Waals surface area contributed by atoms with Crippen LogP contribution in [0, 0.1) is 11.1 Å². The lowest BCUT2D eigenvalue weighted by molar-refractivity contribution is 0.0229. The number of para-hydroxylation sites is 1. The van der Waals surface area contributed by atoms with Gasteiger partial charge in [0.25, 0.3) is 0 Å². The Hall–Kier alpha value is -1.92. The SMILES string of the molecule is O=C(c1cccc2c1OCC=N2)N([O-])C1CN2CCC1CC2. The van der Waals surface area contributed by atoms with E-state index in [4.69, 9.17) is 4.74 Å². The van der Waals surface area contributed by atoms with Gasteiger partial charge in [-0.25, -0.2) is 0 Å². The van der Waals surface area contributed by atoms with Crippen LogP contribution < -0.4 is 4.74 Å². The maximum atomic E-state index is 12.7. The van der Waals surface area contributed by atoms with E-state index < -0.39 is 5.91 Å². The highest BCUT2D eigenvalue weighted by Crippen LogP contribution is 2.36. The van der Waals surface area contributed by atoms with Crippen LogP contribution in [0.2, 0.25) is 0 Å². The standard InChI is InChI=1S/C16H18N3O3/c20-16(12-2-1-3-13-15(12)22-9-6-17-13)19(21)14-10-18-7-4-11(14)5-8-18/h1-3,6,11,14H,4-5,7-10H2/q-1. The minimum absolute atomic E-state index is 0.238.